The van der Waals surface area contributed by atoms with Crippen molar-refractivity contribution >= 4 is 35.4 Å². The van der Waals surface area contributed by atoms with Crippen LogP contribution in [0.15, 0.2) is 41.4 Å². The number of aromatic nitrogens is 1. The molecule has 1 aromatic carbocycles. The molecule has 0 bridgehead atoms. The SMILES string of the molecule is Cl.O=C(N=Cc1ccc2ccccc2n1)C1CCNCC1. The molecule has 3 rings (SSSR count). The standard InChI is InChI=1S/C16H17N3O.ClH/c20-16(13-7-9-17-10-8-13)18-11-14-6-5-12-3-1-2-4-15(12)19-14;/h1-6,11,13,17H,7-10H2;1H. The smallest absolute Gasteiger partial charge is 0.248 e. The van der Waals surface area contributed by atoms with Crippen LogP contribution in [0.25, 0.3) is 10.9 Å². The summed E-state index contributed by atoms with van der Waals surface area (Å²) in [5, 5.41) is 4.34. The first kappa shape index (κ1) is 15.6. The Hall–Kier alpha value is -1.78. The molecule has 5 heteroatoms. The molecule has 4 nitrogen and oxygen atoms in total. The highest BCUT2D eigenvalue weighted by molar-refractivity contribution is 5.93. The molecule has 0 radical (unpaired) electrons. The van der Waals surface area contributed by atoms with E-state index in [1.54, 1.807) is 6.21 Å². The lowest BCUT2D eigenvalue weighted by atomic mass is 9.98. The number of halogens is 1. The molecule has 1 N–H and O–H groups in total. The number of benzene rings is 1. The number of amides is 1. The fourth-order valence-electron chi connectivity index (χ4n) is 2.46. The number of para-hydroxylation sites is 1. The van der Waals surface area contributed by atoms with Crippen molar-refractivity contribution in [2.45, 2.75) is 12.8 Å². The number of nitrogens with zero attached hydrogens (tertiary/aromatic N) is 2. The summed E-state index contributed by atoms with van der Waals surface area (Å²) < 4.78 is 0. The monoisotopic (exact) mass is 303 g/mol. The second-order valence-electron chi connectivity index (χ2n) is 5.05. The lowest BCUT2D eigenvalue weighted by Crippen LogP contribution is -2.31. The van der Waals surface area contributed by atoms with Gasteiger partial charge in [0.2, 0.25) is 5.91 Å². The van der Waals surface area contributed by atoms with Crippen LogP contribution in [0.1, 0.15) is 18.5 Å². The molecule has 1 amide bonds. The third kappa shape index (κ3) is 3.86. The van der Waals surface area contributed by atoms with Gasteiger partial charge < -0.3 is 5.32 Å². The van der Waals surface area contributed by atoms with Gasteiger partial charge in [-0.3, -0.25) is 4.79 Å². The van der Waals surface area contributed by atoms with Crippen LogP contribution < -0.4 is 5.32 Å². The average Bonchev–Trinajstić information content (AvgIpc) is 2.53. The Morgan fingerprint density at radius 1 is 1.19 bits per heavy atom. The number of hydrogen-bond acceptors (Lipinski definition) is 3. The average molecular weight is 304 g/mol. The minimum Gasteiger partial charge on any atom is -0.317 e. The van der Waals surface area contributed by atoms with E-state index in [2.05, 4.69) is 15.3 Å². The Labute approximate surface area is 130 Å². The fraction of sp³-hybridized carbons (Fsp3) is 0.312. The lowest BCUT2D eigenvalue weighted by molar-refractivity contribution is -0.122. The number of pyridine rings is 1. The molecular formula is C16H18ClN3O. The van der Waals surface area contributed by atoms with Gasteiger partial charge in [0.25, 0.3) is 0 Å². The van der Waals surface area contributed by atoms with Crippen molar-refractivity contribution in [3.63, 3.8) is 0 Å². The lowest BCUT2D eigenvalue weighted by Gasteiger charge is -2.19. The van der Waals surface area contributed by atoms with Gasteiger partial charge in [0.1, 0.15) is 0 Å². The van der Waals surface area contributed by atoms with Crippen molar-refractivity contribution < 1.29 is 4.79 Å². The topological polar surface area (TPSA) is 54.4 Å². The van der Waals surface area contributed by atoms with Crippen LogP contribution in [-0.2, 0) is 4.79 Å². The Kier molecular flexibility index (Phi) is 5.42. The third-order valence-corrected chi connectivity index (χ3v) is 3.63. The summed E-state index contributed by atoms with van der Waals surface area (Å²) in [6.45, 7) is 1.81. The number of carbonyl (C=O) groups is 1. The molecule has 0 aliphatic carbocycles. The van der Waals surface area contributed by atoms with Crippen molar-refractivity contribution in [2.75, 3.05) is 13.1 Å². The van der Waals surface area contributed by atoms with Crippen molar-refractivity contribution in [1.29, 1.82) is 0 Å². The van der Waals surface area contributed by atoms with Crippen molar-refractivity contribution in [3.8, 4) is 0 Å². The van der Waals surface area contributed by atoms with Crippen LogP contribution in [0.4, 0.5) is 0 Å². The van der Waals surface area contributed by atoms with Gasteiger partial charge in [0.05, 0.1) is 17.4 Å². The van der Waals surface area contributed by atoms with Crippen molar-refractivity contribution in [3.05, 3.63) is 42.1 Å². The number of aliphatic imine (C=N–C) groups is 1. The Morgan fingerprint density at radius 3 is 2.76 bits per heavy atom. The molecule has 110 valence electrons. The van der Waals surface area contributed by atoms with E-state index in [0.717, 1.165) is 42.5 Å². The molecule has 1 aliphatic rings. The van der Waals surface area contributed by atoms with Gasteiger partial charge in [-0.2, -0.15) is 0 Å². The Balaban J connectivity index is 0.00000161. The first-order valence-electron chi connectivity index (χ1n) is 6.97. The third-order valence-electron chi connectivity index (χ3n) is 3.63. The molecular weight excluding hydrogens is 286 g/mol. The van der Waals surface area contributed by atoms with Crippen LogP contribution >= 0.6 is 12.4 Å². The van der Waals surface area contributed by atoms with Gasteiger partial charge in [0.15, 0.2) is 0 Å². The van der Waals surface area contributed by atoms with E-state index >= 15 is 0 Å². The first-order valence-corrected chi connectivity index (χ1v) is 6.97. The first-order chi connectivity index (χ1) is 9.83. The van der Waals surface area contributed by atoms with Crippen LogP contribution in [0.5, 0.6) is 0 Å². The predicted molar refractivity (Wildman–Crippen MR) is 87.2 cm³/mol. The zero-order valence-corrected chi connectivity index (χ0v) is 12.5. The minimum absolute atomic E-state index is 0. The molecule has 1 aromatic heterocycles. The summed E-state index contributed by atoms with van der Waals surface area (Å²) in [5.74, 6) is 0.0365. The van der Waals surface area contributed by atoms with Crippen molar-refractivity contribution in [2.24, 2.45) is 10.9 Å². The van der Waals surface area contributed by atoms with E-state index < -0.39 is 0 Å². The zero-order valence-electron chi connectivity index (χ0n) is 11.7. The van der Waals surface area contributed by atoms with E-state index in [1.807, 2.05) is 36.4 Å². The highest BCUT2D eigenvalue weighted by Crippen LogP contribution is 2.14. The minimum atomic E-state index is -0.0264. The van der Waals surface area contributed by atoms with Crippen LogP contribution in [-0.4, -0.2) is 30.2 Å². The maximum atomic E-state index is 12.0. The highest BCUT2D eigenvalue weighted by atomic mass is 35.5. The molecule has 1 aliphatic heterocycles. The number of nitrogens with one attached hydrogen (secondary N) is 1. The van der Waals surface area contributed by atoms with E-state index in [1.165, 1.54) is 0 Å². The highest BCUT2D eigenvalue weighted by Gasteiger charge is 2.19. The van der Waals surface area contributed by atoms with Gasteiger partial charge in [-0.25, -0.2) is 9.98 Å². The number of fused-ring (bicyclic) bond motifs is 1. The zero-order chi connectivity index (χ0) is 13.8. The molecule has 1 saturated heterocycles. The summed E-state index contributed by atoms with van der Waals surface area (Å²) in [6.07, 6.45) is 3.33. The Bertz CT molecular complexity index is 651. The molecule has 0 atom stereocenters. The maximum absolute atomic E-state index is 12.0. The van der Waals surface area contributed by atoms with Crippen LogP contribution in [0, 0.1) is 5.92 Å². The molecule has 21 heavy (non-hydrogen) atoms. The van der Waals surface area contributed by atoms with Gasteiger partial charge in [0, 0.05) is 11.3 Å². The fourth-order valence-corrected chi connectivity index (χ4v) is 2.46. The molecule has 0 saturated carbocycles. The van der Waals surface area contributed by atoms with E-state index in [-0.39, 0.29) is 24.2 Å². The molecule has 0 unspecified atom stereocenters. The van der Waals surface area contributed by atoms with Gasteiger partial charge in [-0.15, -0.1) is 12.4 Å². The quantitative estimate of drug-likeness (QED) is 0.868. The summed E-state index contributed by atoms with van der Waals surface area (Å²) >= 11 is 0. The summed E-state index contributed by atoms with van der Waals surface area (Å²) in [7, 11) is 0. The molecule has 2 heterocycles. The predicted octanol–water partition coefficient (Wildman–Crippen LogP) is 2.60. The normalized spacial score (nSPS) is 16.0. The van der Waals surface area contributed by atoms with E-state index in [9.17, 15) is 4.79 Å². The van der Waals surface area contributed by atoms with E-state index in [0.29, 0.717) is 0 Å². The largest absolute Gasteiger partial charge is 0.317 e. The molecule has 2 aromatic rings. The molecule has 1 fully saturated rings. The van der Waals surface area contributed by atoms with Gasteiger partial charge in [-0.1, -0.05) is 24.3 Å². The van der Waals surface area contributed by atoms with E-state index in [4.69, 9.17) is 0 Å². The number of carbonyl (C=O) groups excluding carboxylic acids is 1. The summed E-state index contributed by atoms with van der Waals surface area (Å²) in [4.78, 5) is 20.5. The Morgan fingerprint density at radius 2 is 1.95 bits per heavy atom. The second-order valence-corrected chi connectivity index (χ2v) is 5.05. The van der Waals surface area contributed by atoms with Gasteiger partial charge in [-0.05, 0) is 38.1 Å². The number of piperidine rings is 1. The second kappa shape index (κ2) is 7.29. The number of hydrogen-bond donors (Lipinski definition) is 1. The maximum Gasteiger partial charge on any atom is 0.248 e. The van der Waals surface area contributed by atoms with Crippen LogP contribution in [0.3, 0.4) is 0 Å². The van der Waals surface area contributed by atoms with Crippen LogP contribution in [0.2, 0.25) is 0 Å². The molecule has 0 spiro atoms. The summed E-state index contributed by atoms with van der Waals surface area (Å²) in [6, 6.07) is 11.8. The van der Waals surface area contributed by atoms with Crippen molar-refractivity contribution in [1.82, 2.24) is 10.3 Å². The summed E-state index contributed by atoms with van der Waals surface area (Å²) in [5.41, 5.74) is 1.65. The number of rotatable bonds is 2. The van der Waals surface area contributed by atoms with Gasteiger partial charge >= 0.3 is 0 Å².